The second-order valence-electron chi connectivity index (χ2n) is 8.34. The Labute approximate surface area is 180 Å². The van der Waals surface area contributed by atoms with E-state index < -0.39 is 17.2 Å². The highest BCUT2D eigenvalue weighted by Crippen LogP contribution is 2.45. The largest absolute Gasteiger partial charge is 0.483 e. The van der Waals surface area contributed by atoms with E-state index in [1.165, 1.54) is 23.0 Å². The van der Waals surface area contributed by atoms with Gasteiger partial charge in [0.2, 0.25) is 5.43 Å². The van der Waals surface area contributed by atoms with E-state index in [1.54, 1.807) is 9.78 Å². The molecule has 3 aromatic rings. The summed E-state index contributed by atoms with van der Waals surface area (Å²) in [5.74, 6) is -1.24. The van der Waals surface area contributed by atoms with Crippen LogP contribution in [0, 0.1) is 11.7 Å². The Balaban J connectivity index is 1.61. The van der Waals surface area contributed by atoms with E-state index in [2.05, 4.69) is 11.4 Å². The lowest BCUT2D eigenvalue weighted by atomic mass is 9.86. The maximum Gasteiger partial charge on any atom is 0.342 e. The van der Waals surface area contributed by atoms with Crippen LogP contribution in [0.2, 0.25) is 0 Å². The minimum Gasteiger partial charge on any atom is -0.483 e. The van der Waals surface area contributed by atoms with Crippen molar-refractivity contribution >= 4 is 38.7 Å². The molecule has 2 aliphatic heterocycles. The van der Waals surface area contributed by atoms with Crippen LogP contribution < -0.4 is 20.4 Å². The van der Waals surface area contributed by atoms with Crippen LogP contribution in [0.3, 0.4) is 0 Å². The quantitative estimate of drug-likeness (QED) is 0.608. The van der Waals surface area contributed by atoms with Gasteiger partial charge in [-0.2, -0.15) is 0 Å². The summed E-state index contributed by atoms with van der Waals surface area (Å²) in [7, 11) is 1.96. The first kappa shape index (κ1) is 18.8. The third-order valence-corrected chi connectivity index (χ3v) is 7.79. The third kappa shape index (κ3) is 2.47. The van der Waals surface area contributed by atoms with Crippen molar-refractivity contribution in [2.75, 3.05) is 25.0 Å². The molecule has 4 heterocycles. The number of anilines is 1. The summed E-state index contributed by atoms with van der Waals surface area (Å²) in [5.41, 5.74) is 1.86. The predicted molar refractivity (Wildman–Crippen MR) is 116 cm³/mol. The number of rotatable bonds is 3. The first-order valence-corrected chi connectivity index (χ1v) is 11.2. The van der Waals surface area contributed by atoms with Crippen LogP contribution >= 0.6 is 11.3 Å². The molecule has 0 bridgehead atoms. The van der Waals surface area contributed by atoms with Gasteiger partial charge in [0.15, 0.2) is 11.6 Å². The van der Waals surface area contributed by atoms with Gasteiger partial charge in [0.25, 0.3) is 0 Å². The standard InChI is InChI=1S/C22H20FN3O4S/c1-24-15-4-2-3-10-6-25(7-13(10)15)18-14(23)5-12-17-20(18)30-8-11-9-31-21(26(11)17)16(19(12)27)22(28)29/h3,5,9,13,15,24H,2,4,6-8H2,1H3,(H,28,29). The molecule has 0 spiro atoms. The van der Waals surface area contributed by atoms with E-state index in [0.717, 1.165) is 18.5 Å². The Morgan fingerprint density at radius 3 is 3.03 bits per heavy atom. The number of carbonyl (C=O) groups is 1. The van der Waals surface area contributed by atoms with Gasteiger partial charge in [-0.25, -0.2) is 9.18 Å². The molecule has 1 aromatic carbocycles. The van der Waals surface area contributed by atoms with Crippen LogP contribution in [0.4, 0.5) is 10.1 Å². The minimum atomic E-state index is -1.31. The topological polar surface area (TPSA) is 83.3 Å². The fraction of sp³-hybridized carbons (Fsp3) is 0.364. The summed E-state index contributed by atoms with van der Waals surface area (Å²) in [6, 6.07) is 1.53. The summed E-state index contributed by atoms with van der Waals surface area (Å²) in [4.78, 5) is 27.2. The molecule has 2 atom stereocenters. The Morgan fingerprint density at radius 2 is 2.26 bits per heavy atom. The molecule has 0 radical (unpaired) electrons. The number of benzene rings is 1. The zero-order chi connectivity index (χ0) is 21.4. The molecule has 1 saturated heterocycles. The normalized spacial score (nSPS) is 22.1. The molecule has 1 fully saturated rings. The average molecular weight is 441 g/mol. The number of allylic oxidation sites excluding steroid dienone is 1. The van der Waals surface area contributed by atoms with Crippen LogP contribution in [0.25, 0.3) is 15.7 Å². The minimum absolute atomic E-state index is 0.0365. The van der Waals surface area contributed by atoms with Gasteiger partial charge in [-0.05, 0) is 31.5 Å². The summed E-state index contributed by atoms with van der Waals surface area (Å²) < 4.78 is 23.3. The van der Waals surface area contributed by atoms with Gasteiger partial charge in [-0.3, -0.25) is 9.20 Å². The fourth-order valence-corrected chi connectivity index (χ4v) is 6.43. The maximum atomic E-state index is 15.5. The zero-order valence-electron chi connectivity index (χ0n) is 16.8. The van der Waals surface area contributed by atoms with Gasteiger partial charge < -0.3 is 20.1 Å². The Hall–Kier alpha value is -2.91. The number of ether oxygens (including phenoxy) is 1. The smallest absolute Gasteiger partial charge is 0.342 e. The highest BCUT2D eigenvalue weighted by molar-refractivity contribution is 7.16. The highest BCUT2D eigenvalue weighted by Gasteiger charge is 2.38. The molecule has 2 aromatic heterocycles. The zero-order valence-corrected chi connectivity index (χ0v) is 17.6. The van der Waals surface area contributed by atoms with Crippen molar-refractivity contribution in [1.82, 2.24) is 9.72 Å². The first-order chi connectivity index (χ1) is 15.0. The molecule has 31 heavy (non-hydrogen) atoms. The van der Waals surface area contributed by atoms with Crippen molar-refractivity contribution in [2.24, 2.45) is 5.92 Å². The molecule has 0 amide bonds. The van der Waals surface area contributed by atoms with Gasteiger partial charge in [0, 0.05) is 30.4 Å². The molecular weight excluding hydrogens is 421 g/mol. The van der Waals surface area contributed by atoms with Crippen molar-refractivity contribution in [3.8, 4) is 5.75 Å². The van der Waals surface area contributed by atoms with Gasteiger partial charge >= 0.3 is 5.97 Å². The first-order valence-electron chi connectivity index (χ1n) is 10.3. The van der Waals surface area contributed by atoms with Crippen molar-refractivity contribution in [3.63, 3.8) is 0 Å². The van der Waals surface area contributed by atoms with Gasteiger partial charge in [0.05, 0.1) is 11.1 Å². The number of aromatic nitrogens is 1. The van der Waals surface area contributed by atoms with Crippen LogP contribution in [0.15, 0.2) is 27.9 Å². The van der Waals surface area contributed by atoms with E-state index in [9.17, 15) is 14.7 Å². The fourth-order valence-electron chi connectivity index (χ4n) is 5.40. The Bertz CT molecular complexity index is 1380. The van der Waals surface area contributed by atoms with Crippen LogP contribution in [0.1, 0.15) is 28.9 Å². The Kier molecular flexibility index (Phi) is 3.97. The molecule has 7 nitrogen and oxygen atoms in total. The number of carboxylic acids is 1. The number of carboxylic acid groups (broad SMARTS) is 1. The van der Waals surface area contributed by atoms with E-state index in [4.69, 9.17) is 4.74 Å². The SMILES string of the molecule is CNC1CCC=C2CN(c3c(F)cc4c(=O)c(C(=O)O)c5scc6n5c4c3OC6)CC21. The third-order valence-electron chi connectivity index (χ3n) is 6.79. The van der Waals surface area contributed by atoms with Crippen molar-refractivity contribution < 1.29 is 19.0 Å². The number of nitrogens with one attached hydrogen (secondary N) is 1. The number of pyridine rings is 1. The van der Waals surface area contributed by atoms with E-state index in [0.29, 0.717) is 46.8 Å². The van der Waals surface area contributed by atoms with Crippen LogP contribution in [-0.4, -0.2) is 41.7 Å². The summed E-state index contributed by atoms with van der Waals surface area (Å²) >= 11 is 1.20. The molecule has 2 N–H and O–H groups in total. The number of hydrogen-bond donors (Lipinski definition) is 2. The van der Waals surface area contributed by atoms with E-state index >= 15 is 4.39 Å². The molecule has 160 valence electrons. The van der Waals surface area contributed by atoms with Crippen molar-refractivity contribution in [2.45, 2.75) is 25.5 Å². The summed E-state index contributed by atoms with van der Waals surface area (Å²) in [6.07, 6.45) is 4.30. The number of nitrogens with zero attached hydrogens (tertiary/aromatic N) is 2. The van der Waals surface area contributed by atoms with Gasteiger partial charge in [-0.15, -0.1) is 11.3 Å². The molecule has 2 unspecified atom stereocenters. The summed E-state index contributed by atoms with van der Waals surface area (Å²) in [6.45, 7) is 1.47. The summed E-state index contributed by atoms with van der Waals surface area (Å²) in [5, 5.41) is 14.8. The molecule has 9 heteroatoms. The van der Waals surface area contributed by atoms with Gasteiger partial charge in [0.1, 0.15) is 28.2 Å². The van der Waals surface area contributed by atoms with E-state index in [-0.39, 0.29) is 17.6 Å². The maximum absolute atomic E-state index is 15.5. The monoisotopic (exact) mass is 441 g/mol. The predicted octanol–water partition coefficient (Wildman–Crippen LogP) is 2.99. The lowest BCUT2D eigenvalue weighted by molar-refractivity contribution is 0.0697. The van der Waals surface area contributed by atoms with Crippen molar-refractivity contribution in [3.05, 3.63) is 50.4 Å². The molecule has 1 aliphatic carbocycles. The lowest BCUT2D eigenvalue weighted by Gasteiger charge is -2.28. The number of hydrogen-bond acceptors (Lipinski definition) is 6. The molecular formula is C22H20FN3O4S. The number of fused-ring (bicyclic) bond motifs is 1. The number of aromatic carboxylic acids is 1. The average Bonchev–Trinajstić information content (AvgIpc) is 3.36. The Morgan fingerprint density at radius 1 is 1.42 bits per heavy atom. The lowest BCUT2D eigenvalue weighted by Crippen LogP contribution is -2.37. The van der Waals surface area contributed by atoms with Crippen LogP contribution in [-0.2, 0) is 6.61 Å². The highest BCUT2D eigenvalue weighted by atomic mass is 32.1. The molecule has 6 rings (SSSR count). The second kappa shape index (κ2) is 6.54. The molecule has 0 saturated carbocycles. The number of halogens is 1. The second-order valence-corrected chi connectivity index (χ2v) is 9.19. The number of thiazole rings is 1. The van der Waals surface area contributed by atoms with Gasteiger partial charge in [-0.1, -0.05) is 6.08 Å². The van der Waals surface area contributed by atoms with E-state index in [1.807, 2.05) is 11.9 Å². The van der Waals surface area contributed by atoms with Crippen molar-refractivity contribution in [1.29, 1.82) is 0 Å². The van der Waals surface area contributed by atoms with Crippen LogP contribution in [0.5, 0.6) is 5.75 Å². The molecule has 3 aliphatic rings.